The van der Waals surface area contributed by atoms with Gasteiger partial charge in [-0.2, -0.15) is 0 Å². The number of hydrogen-bond acceptors (Lipinski definition) is 3. The van der Waals surface area contributed by atoms with E-state index in [9.17, 15) is 5.11 Å². The highest BCUT2D eigenvalue weighted by atomic mass is 16.5. The molecule has 0 spiro atoms. The van der Waals surface area contributed by atoms with Gasteiger partial charge in [0.2, 0.25) is 0 Å². The average molecular weight is 213 g/mol. The van der Waals surface area contributed by atoms with Crippen molar-refractivity contribution < 1.29 is 9.84 Å². The Morgan fingerprint density at radius 3 is 2.53 bits per heavy atom. The van der Waals surface area contributed by atoms with Crippen LogP contribution in [0.1, 0.15) is 44.9 Å². The van der Waals surface area contributed by atoms with Crippen molar-refractivity contribution in [3.8, 4) is 0 Å². The Balaban J connectivity index is 1.50. The van der Waals surface area contributed by atoms with Gasteiger partial charge in [0.25, 0.3) is 0 Å². The van der Waals surface area contributed by atoms with Crippen molar-refractivity contribution in [1.82, 2.24) is 5.32 Å². The lowest BCUT2D eigenvalue weighted by Gasteiger charge is -2.23. The SMILES string of the molecule is OC(CNC1CC1)COC1CCCCC1. The van der Waals surface area contributed by atoms with Crippen LogP contribution in [0.2, 0.25) is 0 Å². The van der Waals surface area contributed by atoms with Crippen LogP contribution in [0.4, 0.5) is 0 Å². The van der Waals surface area contributed by atoms with Gasteiger partial charge in [-0.25, -0.2) is 0 Å². The molecule has 0 aromatic rings. The van der Waals surface area contributed by atoms with Crippen molar-refractivity contribution >= 4 is 0 Å². The molecule has 15 heavy (non-hydrogen) atoms. The third-order valence-corrected chi connectivity index (χ3v) is 3.30. The summed E-state index contributed by atoms with van der Waals surface area (Å²) in [7, 11) is 0. The summed E-state index contributed by atoms with van der Waals surface area (Å²) in [5.74, 6) is 0. The molecule has 2 aliphatic rings. The fraction of sp³-hybridized carbons (Fsp3) is 1.00. The second-order valence-corrected chi connectivity index (χ2v) is 4.93. The highest BCUT2D eigenvalue weighted by molar-refractivity contribution is 4.81. The van der Waals surface area contributed by atoms with E-state index < -0.39 is 0 Å². The molecule has 0 aromatic carbocycles. The van der Waals surface area contributed by atoms with Crippen molar-refractivity contribution in [2.45, 2.75) is 63.2 Å². The Morgan fingerprint density at radius 2 is 1.87 bits per heavy atom. The normalized spacial score (nSPS) is 25.4. The van der Waals surface area contributed by atoms with Crippen molar-refractivity contribution in [3.05, 3.63) is 0 Å². The lowest BCUT2D eigenvalue weighted by molar-refractivity contribution is -0.0230. The Kier molecular flexibility index (Phi) is 4.42. The van der Waals surface area contributed by atoms with E-state index in [0.29, 0.717) is 25.3 Å². The maximum Gasteiger partial charge on any atom is 0.0897 e. The van der Waals surface area contributed by atoms with Crippen LogP contribution in [-0.4, -0.2) is 36.5 Å². The zero-order chi connectivity index (χ0) is 10.5. The lowest BCUT2D eigenvalue weighted by Crippen LogP contribution is -2.33. The first-order valence-electron chi connectivity index (χ1n) is 6.37. The molecular weight excluding hydrogens is 190 g/mol. The van der Waals surface area contributed by atoms with Gasteiger partial charge < -0.3 is 15.2 Å². The average Bonchev–Trinajstić information content (AvgIpc) is 3.09. The van der Waals surface area contributed by atoms with Crippen molar-refractivity contribution in [3.63, 3.8) is 0 Å². The van der Waals surface area contributed by atoms with Crippen LogP contribution in [0, 0.1) is 0 Å². The van der Waals surface area contributed by atoms with E-state index in [1.54, 1.807) is 0 Å². The molecule has 0 aliphatic heterocycles. The molecule has 0 bridgehead atoms. The topological polar surface area (TPSA) is 41.5 Å². The van der Waals surface area contributed by atoms with Crippen LogP contribution < -0.4 is 5.32 Å². The van der Waals surface area contributed by atoms with Crippen molar-refractivity contribution in [2.24, 2.45) is 0 Å². The molecule has 0 aromatic heterocycles. The van der Waals surface area contributed by atoms with Crippen LogP contribution in [0.15, 0.2) is 0 Å². The fourth-order valence-corrected chi connectivity index (χ4v) is 2.13. The maximum absolute atomic E-state index is 9.67. The van der Waals surface area contributed by atoms with E-state index in [4.69, 9.17) is 4.74 Å². The standard InChI is InChI=1S/C12H23NO2/c14-11(8-13-10-6-7-10)9-15-12-4-2-1-3-5-12/h10-14H,1-9H2. The molecule has 3 nitrogen and oxygen atoms in total. The largest absolute Gasteiger partial charge is 0.389 e. The minimum Gasteiger partial charge on any atom is -0.389 e. The third-order valence-electron chi connectivity index (χ3n) is 3.30. The van der Waals surface area contributed by atoms with Gasteiger partial charge in [0.05, 0.1) is 18.8 Å². The molecular formula is C12H23NO2. The summed E-state index contributed by atoms with van der Waals surface area (Å²) in [5.41, 5.74) is 0. The Morgan fingerprint density at radius 1 is 1.13 bits per heavy atom. The van der Waals surface area contributed by atoms with E-state index in [1.165, 1.54) is 44.9 Å². The number of hydrogen-bond donors (Lipinski definition) is 2. The number of nitrogens with one attached hydrogen (secondary N) is 1. The molecule has 2 aliphatic carbocycles. The molecule has 2 fully saturated rings. The molecule has 2 rings (SSSR count). The van der Waals surface area contributed by atoms with Gasteiger partial charge in [0.1, 0.15) is 0 Å². The summed E-state index contributed by atoms with van der Waals surface area (Å²) in [5, 5.41) is 13.0. The van der Waals surface area contributed by atoms with Crippen LogP contribution >= 0.6 is 0 Å². The molecule has 2 N–H and O–H groups in total. The zero-order valence-electron chi connectivity index (χ0n) is 9.45. The van der Waals surface area contributed by atoms with E-state index in [0.717, 1.165) is 0 Å². The van der Waals surface area contributed by atoms with E-state index in [-0.39, 0.29) is 6.10 Å². The van der Waals surface area contributed by atoms with Gasteiger partial charge in [-0.15, -0.1) is 0 Å². The van der Waals surface area contributed by atoms with Crippen LogP contribution in [0.3, 0.4) is 0 Å². The molecule has 1 atom stereocenters. The predicted molar refractivity (Wildman–Crippen MR) is 59.9 cm³/mol. The summed E-state index contributed by atoms with van der Waals surface area (Å²) in [4.78, 5) is 0. The summed E-state index contributed by atoms with van der Waals surface area (Å²) in [6.07, 6.45) is 8.94. The number of rotatable bonds is 6. The third kappa shape index (κ3) is 4.49. The predicted octanol–water partition coefficient (Wildman–Crippen LogP) is 1.45. The number of aliphatic hydroxyl groups is 1. The first kappa shape index (κ1) is 11.4. The van der Waals surface area contributed by atoms with E-state index in [2.05, 4.69) is 5.32 Å². The second kappa shape index (κ2) is 5.83. The quantitative estimate of drug-likeness (QED) is 0.701. The molecule has 2 saturated carbocycles. The van der Waals surface area contributed by atoms with Crippen LogP contribution in [0.5, 0.6) is 0 Å². The summed E-state index contributed by atoms with van der Waals surface area (Å²) >= 11 is 0. The van der Waals surface area contributed by atoms with Gasteiger partial charge in [-0.3, -0.25) is 0 Å². The Hall–Kier alpha value is -0.120. The van der Waals surface area contributed by atoms with Crippen molar-refractivity contribution in [1.29, 1.82) is 0 Å². The Labute approximate surface area is 92.2 Å². The lowest BCUT2D eigenvalue weighted by atomic mass is 9.98. The monoisotopic (exact) mass is 213 g/mol. The van der Waals surface area contributed by atoms with Gasteiger partial charge >= 0.3 is 0 Å². The van der Waals surface area contributed by atoms with E-state index in [1.807, 2.05) is 0 Å². The zero-order valence-corrected chi connectivity index (χ0v) is 9.45. The summed E-state index contributed by atoms with van der Waals surface area (Å²) in [6.45, 7) is 1.20. The number of ether oxygens (including phenoxy) is 1. The van der Waals surface area contributed by atoms with Gasteiger partial charge in [0, 0.05) is 12.6 Å². The van der Waals surface area contributed by atoms with Gasteiger partial charge in [-0.05, 0) is 25.7 Å². The first-order valence-corrected chi connectivity index (χ1v) is 6.37. The van der Waals surface area contributed by atoms with Crippen LogP contribution in [0.25, 0.3) is 0 Å². The van der Waals surface area contributed by atoms with E-state index >= 15 is 0 Å². The number of aliphatic hydroxyl groups excluding tert-OH is 1. The first-order chi connectivity index (χ1) is 7.34. The highest BCUT2D eigenvalue weighted by Crippen LogP contribution is 2.20. The molecule has 0 heterocycles. The molecule has 1 unspecified atom stereocenters. The smallest absolute Gasteiger partial charge is 0.0897 e. The Bertz CT molecular complexity index is 176. The fourth-order valence-electron chi connectivity index (χ4n) is 2.13. The molecule has 3 heteroatoms. The summed E-state index contributed by atoms with van der Waals surface area (Å²) < 4.78 is 5.71. The minimum atomic E-state index is -0.326. The van der Waals surface area contributed by atoms with Gasteiger partial charge in [0.15, 0.2) is 0 Å². The second-order valence-electron chi connectivity index (χ2n) is 4.93. The highest BCUT2D eigenvalue weighted by Gasteiger charge is 2.22. The van der Waals surface area contributed by atoms with Gasteiger partial charge in [-0.1, -0.05) is 19.3 Å². The molecule has 88 valence electrons. The molecule has 0 amide bonds. The molecule has 0 radical (unpaired) electrons. The maximum atomic E-state index is 9.67. The van der Waals surface area contributed by atoms with Crippen molar-refractivity contribution in [2.75, 3.05) is 13.2 Å². The minimum absolute atomic E-state index is 0.326. The summed E-state index contributed by atoms with van der Waals surface area (Å²) in [6, 6.07) is 0.675. The van der Waals surface area contributed by atoms with Crippen LogP contribution in [-0.2, 0) is 4.74 Å². The molecule has 0 saturated heterocycles.